The number of carbonyl (C=O) groups is 1. The number of aliphatic hydroxyl groups excluding tert-OH is 1. The molecule has 4 heteroatoms. The van der Waals surface area contributed by atoms with Crippen LogP contribution in [0.2, 0.25) is 0 Å². The predicted octanol–water partition coefficient (Wildman–Crippen LogP) is 3.56. The Morgan fingerprint density at radius 2 is 1.89 bits per heavy atom. The first-order valence-electron chi connectivity index (χ1n) is 10.5. The fourth-order valence-corrected chi connectivity index (χ4v) is 4.93. The van der Waals surface area contributed by atoms with Crippen LogP contribution in [0.3, 0.4) is 0 Å². The summed E-state index contributed by atoms with van der Waals surface area (Å²) < 4.78 is 0. The average molecular weight is 371 g/mol. The molecule has 0 aromatic heterocycles. The van der Waals surface area contributed by atoms with Gasteiger partial charge in [-0.15, -0.1) is 0 Å². The number of likely N-dealkylation sites (tertiary alicyclic amines) is 1. The van der Waals surface area contributed by atoms with Crippen LogP contribution in [0.25, 0.3) is 6.08 Å². The van der Waals surface area contributed by atoms with E-state index in [9.17, 15) is 9.90 Å². The van der Waals surface area contributed by atoms with Crippen molar-refractivity contribution in [3.8, 4) is 0 Å². The van der Waals surface area contributed by atoms with Crippen LogP contribution in [0.4, 0.5) is 0 Å². The number of nitrogens with zero attached hydrogens (tertiary/aromatic N) is 1. The fraction of sp³-hybridized carbons (Fsp3) is 0.609. The molecule has 3 rings (SSSR count). The average Bonchev–Trinajstić information content (AvgIpc) is 2.67. The summed E-state index contributed by atoms with van der Waals surface area (Å²) in [6, 6.07) is 9.06. The third-order valence-electron chi connectivity index (χ3n) is 6.30. The quantitative estimate of drug-likeness (QED) is 0.771. The van der Waals surface area contributed by atoms with Crippen molar-refractivity contribution in [2.45, 2.75) is 64.0 Å². The van der Waals surface area contributed by atoms with Crippen LogP contribution in [0.15, 0.2) is 30.3 Å². The van der Waals surface area contributed by atoms with E-state index in [4.69, 9.17) is 0 Å². The lowest BCUT2D eigenvalue weighted by atomic mass is 9.73. The molecule has 1 heterocycles. The number of hydrogen-bond acceptors (Lipinski definition) is 3. The van der Waals surface area contributed by atoms with E-state index in [0.29, 0.717) is 6.54 Å². The second kappa shape index (κ2) is 9.52. The Kier molecular flexibility index (Phi) is 7.08. The molecule has 2 aliphatic rings. The Morgan fingerprint density at radius 3 is 2.48 bits per heavy atom. The van der Waals surface area contributed by atoms with Gasteiger partial charge < -0.3 is 10.4 Å². The van der Waals surface area contributed by atoms with Crippen LogP contribution in [-0.4, -0.2) is 47.7 Å². The van der Waals surface area contributed by atoms with E-state index in [2.05, 4.69) is 40.6 Å². The highest BCUT2D eigenvalue weighted by atomic mass is 16.3. The molecule has 27 heavy (non-hydrogen) atoms. The van der Waals surface area contributed by atoms with Gasteiger partial charge in [0.05, 0.1) is 6.61 Å². The molecule has 1 aliphatic heterocycles. The molecule has 2 fully saturated rings. The topological polar surface area (TPSA) is 52.6 Å². The maximum atomic E-state index is 11.5. The van der Waals surface area contributed by atoms with Gasteiger partial charge in [-0.1, -0.05) is 55.7 Å². The molecule has 0 radical (unpaired) electrons. The predicted molar refractivity (Wildman–Crippen MR) is 111 cm³/mol. The Labute approximate surface area is 163 Å². The maximum absolute atomic E-state index is 11.5. The van der Waals surface area contributed by atoms with Crippen molar-refractivity contribution in [2.24, 2.45) is 5.92 Å². The third kappa shape index (κ3) is 4.80. The van der Waals surface area contributed by atoms with Gasteiger partial charge in [-0.25, -0.2) is 0 Å². The van der Waals surface area contributed by atoms with Gasteiger partial charge in [-0.2, -0.15) is 0 Å². The summed E-state index contributed by atoms with van der Waals surface area (Å²) in [5, 5.41) is 13.1. The number of amides is 1. The molecule has 1 saturated carbocycles. The van der Waals surface area contributed by atoms with Crippen LogP contribution < -0.4 is 5.32 Å². The first-order valence-corrected chi connectivity index (χ1v) is 10.5. The molecule has 4 nitrogen and oxygen atoms in total. The number of hydrogen-bond donors (Lipinski definition) is 2. The smallest absolute Gasteiger partial charge is 0.216 e. The highest BCUT2D eigenvalue weighted by Crippen LogP contribution is 2.42. The molecular weight excluding hydrogens is 336 g/mol. The second-order valence-electron chi connectivity index (χ2n) is 8.15. The standard InChI is InChI=1S/C23H34N2O2/c1-3-7-18-10-12-20(13-11-18)23-21(14-24-17(2)27)25(22(23)16-26)15-19-8-5-4-6-9-19/h3,7,10-13,19,21-23,26H,4-6,8-9,14-16H2,1-2H3,(H,24,27)/b7-3+/t21-,22+,23+/m0/s1. The monoisotopic (exact) mass is 370 g/mol. The molecule has 3 atom stereocenters. The normalized spacial score (nSPS) is 26.9. The highest BCUT2D eigenvalue weighted by molar-refractivity contribution is 5.72. The number of carbonyl (C=O) groups excluding carboxylic acids is 1. The zero-order chi connectivity index (χ0) is 19.2. The molecule has 1 aromatic rings. The van der Waals surface area contributed by atoms with Crippen molar-refractivity contribution in [3.63, 3.8) is 0 Å². The minimum atomic E-state index is 0.0160. The zero-order valence-corrected chi connectivity index (χ0v) is 16.7. The van der Waals surface area contributed by atoms with Gasteiger partial charge in [0.2, 0.25) is 5.91 Å². The number of aliphatic hydroxyl groups is 1. The first-order chi connectivity index (χ1) is 13.1. The van der Waals surface area contributed by atoms with Crippen molar-refractivity contribution >= 4 is 12.0 Å². The first kappa shape index (κ1) is 20.1. The lowest BCUT2D eigenvalue weighted by molar-refractivity contribution is -0.120. The summed E-state index contributed by atoms with van der Waals surface area (Å²) in [7, 11) is 0. The molecule has 0 unspecified atom stereocenters. The van der Waals surface area contributed by atoms with E-state index in [-0.39, 0.29) is 30.5 Å². The summed E-state index contributed by atoms with van der Waals surface area (Å²) in [6.45, 7) is 5.47. The molecular formula is C23H34N2O2. The fourth-order valence-electron chi connectivity index (χ4n) is 4.93. The van der Waals surface area contributed by atoms with Gasteiger partial charge in [0.1, 0.15) is 0 Å². The summed E-state index contributed by atoms with van der Waals surface area (Å²) in [5.74, 6) is 1.01. The zero-order valence-electron chi connectivity index (χ0n) is 16.7. The number of benzene rings is 1. The lowest BCUT2D eigenvalue weighted by Crippen LogP contribution is -2.67. The summed E-state index contributed by atoms with van der Waals surface area (Å²) in [4.78, 5) is 14.0. The molecule has 148 valence electrons. The minimum absolute atomic E-state index is 0.0160. The second-order valence-corrected chi connectivity index (χ2v) is 8.15. The number of nitrogens with one attached hydrogen (secondary N) is 1. The van der Waals surface area contributed by atoms with E-state index in [0.717, 1.165) is 12.5 Å². The van der Waals surface area contributed by atoms with Crippen molar-refractivity contribution in [3.05, 3.63) is 41.5 Å². The SMILES string of the molecule is C/C=C/c1ccc([C@H]2[C@@H](CO)N(CC3CCCCC3)[C@H]2CNC(C)=O)cc1. The van der Waals surface area contributed by atoms with Crippen LogP contribution in [-0.2, 0) is 4.79 Å². The Morgan fingerprint density at radius 1 is 1.19 bits per heavy atom. The van der Waals surface area contributed by atoms with E-state index in [1.807, 2.05) is 13.0 Å². The summed E-state index contributed by atoms with van der Waals surface area (Å²) in [5.41, 5.74) is 2.45. The van der Waals surface area contributed by atoms with Gasteiger partial charge in [-0.3, -0.25) is 9.69 Å². The van der Waals surface area contributed by atoms with Gasteiger partial charge in [0.25, 0.3) is 0 Å². The molecule has 1 amide bonds. The van der Waals surface area contributed by atoms with E-state index in [1.165, 1.54) is 43.2 Å². The highest BCUT2D eigenvalue weighted by Gasteiger charge is 2.48. The van der Waals surface area contributed by atoms with E-state index >= 15 is 0 Å². The molecule has 1 aliphatic carbocycles. The van der Waals surface area contributed by atoms with Crippen molar-refractivity contribution in [1.29, 1.82) is 0 Å². The molecule has 1 saturated heterocycles. The van der Waals surface area contributed by atoms with Crippen LogP contribution >= 0.6 is 0 Å². The molecule has 1 aromatic carbocycles. The van der Waals surface area contributed by atoms with Crippen molar-refractivity contribution in [1.82, 2.24) is 10.2 Å². The van der Waals surface area contributed by atoms with Crippen LogP contribution in [0.5, 0.6) is 0 Å². The Hall–Kier alpha value is -1.65. The van der Waals surface area contributed by atoms with Gasteiger partial charge >= 0.3 is 0 Å². The number of rotatable bonds is 7. The number of allylic oxidation sites excluding steroid dienone is 1. The Bertz CT molecular complexity index is 634. The van der Waals surface area contributed by atoms with Crippen LogP contribution in [0, 0.1) is 5.92 Å². The van der Waals surface area contributed by atoms with Gasteiger partial charge in [0.15, 0.2) is 0 Å². The molecule has 0 spiro atoms. The minimum Gasteiger partial charge on any atom is -0.395 e. The molecule has 2 N–H and O–H groups in total. The molecule has 0 bridgehead atoms. The largest absolute Gasteiger partial charge is 0.395 e. The maximum Gasteiger partial charge on any atom is 0.216 e. The summed E-state index contributed by atoms with van der Waals surface area (Å²) >= 11 is 0. The summed E-state index contributed by atoms with van der Waals surface area (Å²) in [6.07, 6.45) is 10.7. The lowest BCUT2D eigenvalue weighted by Gasteiger charge is -2.56. The van der Waals surface area contributed by atoms with E-state index < -0.39 is 0 Å². The van der Waals surface area contributed by atoms with Crippen LogP contribution in [0.1, 0.15) is 63.0 Å². The van der Waals surface area contributed by atoms with E-state index in [1.54, 1.807) is 6.92 Å². The Balaban J connectivity index is 1.76. The third-order valence-corrected chi connectivity index (χ3v) is 6.30. The van der Waals surface area contributed by atoms with Gasteiger partial charge in [-0.05, 0) is 36.8 Å². The van der Waals surface area contributed by atoms with Crippen molar-refractivity contribution < 1.29 is 9.90 Å². The van der Waals surface area contributed by atoms with Gasteiger partial charge in [0, 0.05) is 38.0 Å². The van der Waals surface area contributed by atoms with Crippen molar-refractivity contribution in [2.75, 3.05) is 19.7 Å².